The molecule has 1 aliphatic carbocycles. The number of methoxy groups -OCH3 is 2. The van der Waals surface area contributed by atoms with Gasteiger partial charge in [-0.25, -0.2) is 4.39 Å². The monoisotopic (exact) mass is 357 g/mol. The lowest BCUT2D eigenvalue weighted by Gasteiger charge is -2.22. The minimum Gasteiger partial charge on any atom is -0.496 e. The zero-order valence-corrected chi connectivity index (χ0v) is 14.4. The highest BCUT2D eigenvalue weighted by atomic mass is 19.1. The number of hydrogen-bond acceptors (Lipinski definition) is 5. The number of hydrogen-bond donors (Lipinski definition) is 1. The molecule has 0 fully saturated rings. The van der Waals surface area contributed by atoms with Gasteiger partial charge in [0.15, 0.2) is 12.0 Å². The first-order chi connectivity index (χ1) is 12.4. The minimum absolute atomic E-state index is 0.0805. The fraction of sp³-hybridized carbons (Fsp3) is 0.211. The van der Waals surface area contributed by atoms with Gasteiger partial charge in [0.05, 0.1) is 25.3 Å². The van der Waals surface area contributed by atoms with Gasteiger partial charge in [-0.1, -0.05) is 12.1 Å². The van der Waals surface area contributed by atoms with Crippen LogP contribution < -0.4 is 14.8 Å². The molecule has 0 saturated carbocycles. The number of nitrogens with one attached hydrogen (secondary N) is 1. The minimum atomic E-state index is -1.72. The van der Waals surface area contributed by atoms with E-state index in [1.165, 1.54) is 32.4 Å². The van der Waals surface area contributed by atoms with Crippen LogP contribution in [0.5, 0.6) is 11.5 Å². The maximum atomic E-state index is 13.1. The summed E-state index contributed by atoms with van der Waals surface area (Å²) < 4.78 is 23.6. The van der Waals surface area contributed by atoms with E-state index in [1.54, 1.807) is 12.1 Å². The lowest BCUT2D eigenvalue weighted by atomic mass is 9.82. The average Bonchev–Trinajstić information content (AvgIpc) is 2.64. The van der Waals surface area contributed by atoms with Crippen LogP contribution in [-0.4, -0.2) is 37.9 Å². The Labute approximate surface area is 148 Å². The predicted molar refractivity (Wildman–Crippen MR) is 92.1 cm³/mol. The number of amides is 1. The summed E-state index contributed by atoms with van der Waals surface area (Å²) in [5.41, 5.74) is 0.700. The van der Waals surface area contributed by atoms with Crippen molar-refractivity contribution in [2.24, 2.45) is 0 Å². The second kappa shape index (κ2) is 6.59. The maximum Gasteiger partial charge on any atom is 0.258 e. The topological polar surface area (TPSA) is 81.7 Å². The quantitative estimate of drug-likeness (QED) is 0.776. The third kappa shape index (κ3) is 2.71. The van der Waals surface area contributed by atoms with Gasteiger partial charge in [0.25, 0.3) is 5.91 Å². The molecule has 1 atom stereocenters. The average molecular weight is 357 g/mol. The van der Waals surface area contributed by atoms with Crippen LogP contribution in [0.25, 0.3) is 0 Å². The molecule has 1 aliphatic rings. The Kier molecular flexibility index (Phi) is 4.46. The third-order valence-corrected chi connectivity index (χ3v) is 4.14. The Balaban J connectivity index is 2.19. The molecular formula is C19H16FNO5. The van der Waals surface area contributed by atoms with Crippen LogP contribution in [0.1, 0.15) is 38.8 Å². The largest absolute Gasteiger partial charge is 0.496 e. The molecule has 6 nitrogen and oxygen atoms in total. The van der Waals surface area contributed by atoms with Crippen LogP contribution in [0, 0.1) is 0 Å². The first-order valence-electron chi connectivity index (χ1n) is 7.82. The second-order valence-electron chi connectivity index (χ2n) is 5.75. The number of halogens is 1. The molecule has 134 valence electrons. The number of carbonyl (C=O) groups excluding carboxylic acids is 3. The van der Waals surface area contributed by atoms with Crippen molar-refractivity contribution in [2.45, 2.75) is 13.1 Å². The van der Waals surface area contributed by atoms with Gasteiger partial charge in [-0.2, -0.15) is 0 Å². The molecule has 3 rings (SSSR count). The molecule has 1 N–H and O–H groups in total. The Morgan fingerprint density at radius 3 is 2.27 bits per heavy atom. The van der Waals surface area contributed by atoms with Crippen molar-refractivity contribution in [3.63, 3.8) is 0 Å². The van der Waals surface area contributed by atoms with E-state index < -0.39 is 23.6 Å². The van der Waals surface area contributed by atoms with Gasteiger partial charge < -0.3 is 14.8 Å². The number of rotatable bonds is 4. The zero-order valence-electron chi connectivity index (χ0n) is 14.4. The summed E-state index contributed by atoms with van der Waals surface area (Å²) >= 11 is 0. The van der Waals surface area contributed by atoms with Gasteiger partial charge in [-0.3, -0.25) is 14.4 Å². The van der Waals surface area contributed by atoms with Crippen molar-refractivity contribution in [2.75, 3.05) is 19.5 Å². The van der Waals surface area contributed by atoms with Crippen molar-refractivity contribution in [3.05, 3.63) is 52.6 Å². The van der Waals surface area contributed by atoms with Gasteiger partial charge >= 0.3 is 0 Å². The van der Waals surface area contributed by atoms with Crippen molar-refractivity contribution in [1.29, 1.82) is 0 Å². The molecule has 26 heavy (non-hydrogen) atoms. The SMILES string of the molecule is COc1cccc2c1C(=O)c1c(OC)cc(NC(=O)C(C)F)cc1C2=O. The molecule has 1 unspecified atom stereocenters. The molecule has 0 spiro atoms. The van der Waals surface area contributed by atoms with Crippen molar-refractivity contribution in [3.8, 4) is 11.5 Å². The Morgan fingerprint density at radius 1 is 1.00 bits per heavy atom. The highest BCUT2D eigenvalue weighted by Crippen LogP contribution is 2.38. The summed E-state index contributed by atoms with van der Waals surface area (Å²) in [6, 6.07) is 7.47. The number of benzene rings is 2. The summed E-state index contributed by atoms with van der Waals surface area (Å²) in [6.45, 7) is 1.10. The number of carbonyl (C=O) groups is 3. The van der Waals surface area contributed by atoms with Crippen LogP contribution >= 0.6 is 0 Å². The molecular weight excluding hydrogens is 341 g/mol. The Morgan fingerprint density at radius 2 is 1.65 bits per heavy atom. The molecule has 0 saturated heterocycles. The Bertz CT molecular complexity index is 936. The van der Waals surface area contributed by atoms with E-state index >= 15 is 0 Å². The van der Waals surface area contributed by atoms with Crippen LogP contribution in [0.2, 0.25) is 0 Å². The second-order valence-corrected chi connectivity index (χ2v) is 5.75. The first-order valence-corrected chi connectivity index (χ1v) is 7.82. The number of alkyl halides is 1. The van der Waals surface area contributed by atoms with E-state index in [1.807, 2.05) is 0 Å². The lowest BCUT2D eigenvalue weighted by Crippen LogP contribution is -2.24. The smallest absolute Gasteiger partial charge is 0.258 e. The van der Waals surface area contributed by atoms with Crippen molar-refractivity contribution < 1.29 is 28.2 Å². The fourth-order valence-electron chi connectivity index (χ4n) is 2.90. The van der Waals surface area contributed by atoms with Gasteiger partial charge in [-0.05, 0) is 19.1 Å². The highest BCUT2D eigenvalue weighted by molar-refractivity contribution is 6.30. The number of ether oxygens (including phenoxy) is 2. The molecule has 0 aliphatic heterocycles. The first kappa shape index (κ1) is 17.6. The van der Waals surface area contributed by atoms with Crippen LogP contribution in [-0.2, 0) is 4.79 Å². The summed E-state index contributed by atoms with van der Waals surface area (Å²) in [6.07, 6.45) is -1.72. The van der Waals surface area contributed by atoms with E-state index in [2.05, 4.69) is 5.32 Å². The van der Waals surface area contributed by atoms with E-state index in [-0.39, 0.29) is 39.4 Å². The summed E-state index contributed by atoms with van der Waals surface area (Å²) in [5, 5.41) is 2.37. The van der Waals surface area contributed by atoms with Gasteiger partial charge in [0, 0.05) is 22.9 Å². The van der Waals surface area contributed by atoms with Crippen LogP contribution in [0.4, 0.5) is 10.1 Å². The third-order valence-electron chi connectivity index (χ3n) is 4.14. The molecule has 1 amide bonds. The lowest BCUT2D eigenvalue weighted by molar-refractivity contribution is -0.120. The van der Waals surface area contributed by atoms with Crippen molar-refractivity contribution in [1.82, 2.24) is 0 Å². The number of anilines is 1. The molecule has 0 aromatic heterocycles. The molecule has 2 aromatic rings. The van der Waals surface area contributed by atoms with Crippen LogP contribution in [0.15, 0.2) is 30.3 Å². The van der Waals surface area contributed by atoms with Crippen LogP contribution in [0.3, 0.4) is 0 Å². The van der Waals surface area contributed by atoms with E-state index in [4.69, 9.17) is 9.47 Å². The maximum absolute atomic E-state index is 13.1. The highest BCUT2D eigenvalue weighted by Gasteiger charge is 2.35. The summed E-state index contributed by atoms with van der Waals surface area (Å²) in [4.78, 5) is 37.5. The molecule has 0 bridgehead atoms. The number of fused-ring (bicyclic) bond motifs is 2. The van der Waals surface area contributed by atoms with E-state index in [9.17, 15) is 18.8 Å². The number of ketones is 2. The summed E-state index contributed by atoms with van der Waals surface area (Å²) in [7, 11) is 2.76. The summed E-state index contributed by atoms with van der Waals surface area (Å²) in [5.74, 6) is -1.28. The zero-order chi connectivity index (χ0) is 19.0. The molecule has 2 aromatic carbocycles. The fourth-order valence-corrected chi connectivity index (χ4v) is 2.90. The molecule has 7 heteroatoms. The van der Waals surface area contributed by atoms with Crippen molar-refractivity contribution >= 4 is 23.2 Å². The molecule has 0 radical (unpaired) electrons. The van der Waals surface area contributed by atoms with Gasteiger partial charge in [-0.15, -0.1) is 0 Å². The predicted octanol–water partition coefficient (Wildman–Crippen LogP) is 2.78. The Hall–Kier alpha value is -3.22. The van der Waals surface area contributed by atoms with E-state index in [0.717, 1.165) is 6.92 Å². The van der Waals surface area contributed by atoms with E-state index in [0.29, 0.717) is 0 Å². The normalized spacial score (nSPS) is 13.5. The van der Waals surface area contributed by atoms with Gasteiger partial charge in [0.1, 0.15) is 11.5 Å². The van der Waals surface area contributed by atoms with Gasteiger partial charge in [0.2, 0.25) is 5.78 Å². The molecule has 0 heterocycles. The standard InChI is InChI=1S/C19H16FNO5/c1-9(20)19(24)21-10-7-12-16(14(8-10)26-3)18(23)15-11(17(12)22)5-4-6-13(15)25-2/h4-9H,1-3H3,(H,21,24).